The number of benzene rings is 1. The lowest BCUT2D eigenvalue weighted by molar-refractivity contribution is -0.132. The average molecular weight is 315 g/mol. The van der Waals surface area contributed by atoms with Gasteiger partial charge in [-0.15, -0.1) is 0 Å². The van der Waals surface area contributed by atoms with Crippen LogP contribution in [0.5, 0.6) is 0 Å². The van der Waals surface area contributed by atoms with Crippen molar-refractivity contribution in [1.29, 1.82) is 0 Å². The van der Waals surface area contributed by atoms with E-state index in [2.05, 4.69) is 5.32 Å². The highest BCUT2D eigenvalue weighted by molar-refractivity contribution is 5.81. The largest absolute Gasteiger partial charge is 0.353 e. The molecule has 1 atom stereocenters. The second-order valence-electron chi connectivity index (χ2n) is 6.66. The minimum Gasteiger partial charge on any atom is -0.353 e. The maximum Gasteiger partial charge on any atom is 0.224 e. The van der Waals surface area contributed by atoms with Crippen LogP contribution in [0.1, 0.15) is 43.7 Å². The molecule has 2 amide bonds. The molecule has 1 saturated heterocycles. The van der Waals surface area contributed by atoms with Gasteiger partial charge in [0.2, 0.25) is 11.8 Å². The fourth-order valence-corrected chi connectivity index (χ4v) is 3.07. The Morgan fingerprint density at radius 3 is 2.39 bits per heavy atom. The van der Waals surface area contributed by atoms with Crippen molar-refractivity contribution in [3.05, 3.63) is 35.9 Å². The topological polar surface area (TPSA) is 75.4 Å². The number of likely N-dealkylation sites (tertiary alicyclic amines) is 1. The fraction of sp³-hybridized carbons (Fsp3) is 0.556. The number of piperidine rings is 1. The van der Waals surface area contributed by atoms with Crippen molar-refractivity contribution in [2.75, 3.05) is 13.1 Å². The highest BCUT2D eigenvalue weighted by atomic mass is 16.2. The standard InChI is InChI=1S/C18H25N3O2/c19-16(13-4-2-1-3-5-13)12-17(22)21-10-8-15(9-11-21)20-18(23)14-6-7-14/h1-5,14-16H,6-12,19H2,(H,20,23). The summed E-state index contributed by atoms with van der Waals surface area (Å²) in [6, 6.07) is 9.70. The second-order valence-corrected chi connectivity index (χ2v) is 6.66. The Balaban J connectivity index is 1.43. The van der Waals surface area contributed by atoms with Crippen LogP contribution >= 0.6 is 0 Å². The number of rotatable bonds is 5. The molecule has 23 heavy (non-hydrogen) atoms. The first-order chi connectivity index (χ1) is 11.1. The first kappa shape index (κ1) is 16.0. The summed E-state index contributed by atoms with van der Waals surface area (Å²) >= 11 is 0. The summed E-state index contributed by atoms with van der Waals surface area (Å²) in [6.07, 6.45) is 4.07. The molecule has 3 rings (SSSR count). The molecule has 1 unspecified atom stereocenters. The fourth-order valence-electron chi connectivity index (χ4n) is 3.07. The van der Waals surface area contributed by atoms with Crippen molar-refractivity contribution in [1.82, 2.24) is 10.2 Å². The number of hydrogen-bond acceptors (Lipinski definition) is 3. The van der Waals surface area contributed by atoms with Gasteiger partial charge in [-0.25, -0.2) is 0 Å². The highest BCUT2D eigenvalue weighted by Crippen LogP contribution is 2.29. The molecule has 0 bridgehead atoms. The Labute approximate surface area is 137 Å². The molecule has 2 fully saturated rings. The first-order valence-electron chi connectivity index (χ1n) is 8.52. The molecular weight excluding hydrogens is 290 g/mol. The van der Waals surface area contributed by atoms with E-state index in [1.165, 1.54) is 0 Å². The van der Waals surface area contributed by atoms with E-state index in [9.17, 15) is 9.59 Å². The number of nitrogens with one attached hydrogen (secondary N) is 1. The van der Waals surface area contributed by atoms with Crippen molar-refractivity contribution in [3.63, 3.8) is 0 Å². The summed E-state index contributed by atoms with van der Waals surface area (Å²) in [5.41, 5.74) is 7.12. The van der Waals surface area contributed by atoms with Crippen LogP contribution in [0.2, 0.25) is 0 Å². The number of nitrogens with two attached hydrogens (primary N) is 1. The molecule has 1 heterocycles. The van der Waals surface area contributed by atoms with Crippen LogP contribution in [0, 0.1) is 5.92 Å². The summed E-state index contributed by atoms with van der Waals surface area (Å²) < 4.78 is 0. The van der Waals surface area contributed by atoms with E-state index in [0.717, 1.165) is 31.2 Å². The minimum atomic E-state index is -0.254. The molecule has 0 aromatic heterocycles. The van der Waals surface area contributed by atoms with E-state index in [-0.39, 0.29) is 29.8 Å². The monoisotopic (exact) mass is 315 g/mol. The lowest BCUT2D eigenvalue weighted by Crippen LogP contribution is -2.47. The summed E-state index contributed by atoms with van der Waals surface area (Å²) in [5.74, 6) is 0.549. The number of nitrogens with zero attached hydrogens (tertiary/aromatic N) is 1. The van der Waals surface area contributed by atoms with Crippen molar-refractivity contribution in [2.45, 2.75) is 44.2 Å². The van der Waals surface area contributed by atoms with Gasteiger partial charge in [-0.2, -0.15) is 0 Å². The third-order valence-corrected chi connectivity index (χ3v) is 4.76. The maximum absolute atomic E-state index is 12.4. The Kier molecular flexibility index (Phi) is 4.96. The summed E-state index contributed by atoms with van der Waals surface area (Å²) in [4.78, 5) is 26.0. The normalized spacial score (nSPS) is 20.1. The summed E-state index contributed by atoms with van der Waals surface area (Å²) in [6.45, 7) is 1.41. The third kappa shape index (κ3) is 4.32. The number of amides is 2. The van der Waals surface area contributed by atoms with E-state index in [1.807, 2.05) is 35.2 Å². The maximum atomic E-state index is 12.4. The van der Waals surface area contributed by atoms with E-state index >= 15 is 0 Å². The predicted molar refractivity (Wildman–Crippen MR) is 88.5 cm³/mol. The van der Waals surface area contributed by atoms with Gasteiger partial charge in [-0.05, 0) is 31.2 Å². The average Bonchev–Trinajstić information content (AvgIpc) is 3.41. The Hall–Kier alpha value is -1.88. The lowest BCUT2D eigenvalue weighted by atomic mass is 10.0. The van der Waals surface area contributed by atoms with Crippen molar-refractivity contribution in [3.8, 4) is 0 Å². The molecule has 0 spiro atoms. The summed E-state index contributed by atoms with van der Waals surface area (Å²) in [7, 11) is 0. The quantitative estimate of drug-likeness (QED) is 0.866. The van der Waals surface area contributed by atoms with Crippen LogP contribution in [-0.4, -0.2) is 35.8 Å². The number of hydrogen-bond donors (Lipinski definition) is 2. The summed E-state index contributed by atoms with van der Waals surface area (Å²) in [5, 5.41) is 3.11. The zero-order valence-corrected chi connectivity index (χ0v) is 13.4. The van der Waals surface area contributed by atoms with Gasteiger partial charge in [0.25, 0.3) is 0 Å². The smallest absolute Gasteiger partial charge is 0.224 e. The van der Waals surface area contributed by atoms with Gasteiger partial charge >= 0.3 is 0 Å². The molecule has 1 aromatic rings. The first-order valence-corrected chi connectivity index (χ1v) is 8.52. The van der Waals surface area contributed by atoms with Crippen LogP contribution in [0.25, 0.3) is 0 Å². The number of carbonyl (C=O) groups excluding carboxylic acids is 2. The zero-order chi connectivity index (χ0) is 16.2. The Bertz CT molecular complexity index is 549. The third-order valence-electron chi connectivity index (χ3n) is 4.76. The Morgan fingerprint density at radius 1 is 1.13 bits per heavy atom. The van der Waals surface area contributed by atoms with Crippen molar-refractivity contribution >= 4 is 11.8 Å². The van der Waals surface area contributed by atoms with E-state index in [0.29, 0.717) is 19.5 Å². The molecule has 3 N–H and O–H groups in total. The molecule has 5 nitrogen and oxygen atoms in total. The Morgan fingerprint density at radius 2 is 1.78 bits per heavy atom. The van der Waals surface area contributed by atoms with Crippen LogP contribution in [0.15, 0.2) is 30.3 Å². The van der Waals surface area contributed by atoms with Gasteiger partial charge in [0.05, 0.1) is 0 Å². The van der Waals surface area contributed by atoms with E-state index < -0.39 is 0 Å². The molecule has 0 radical (unpaired) electrons. The van der Waals surface area contributed by atoms with Gasteiger partial charge in [0.1, 0.15) is 0 Å². The molecular formula is C18H25N3O2. The van der Waals surface area contributed by atoms with Crippen LogP contribution < -0.4 is 11.1 Å². The van der Waals surface area contributed by atoms with Gasteiger partial charge in [0.15, 0.2) is 0 Å². The number of carbonyl (C=O) groups is 2. The lowest BCUT2D eigenvalue weighted by Gasteiger charge is -2.33. The van der Waals surface area contributed by atoms with Crippen LogP contribution in [-0.2, 0) is 9.59 Å². The molecule has 5 heteroatoms. The molecule has 1 aromatic carbocycles. The van der Waals surface area contributed by atoms with Gasteiger partial charge < -0.3 is 16.0 Å². The van der Waals surface area contributed by atoms with Crippen molar-refractivity contribution < 1.29 is 9.59 Å². The predicted octanol–water partition coefficient (Wildman–Crippen LogP) is 1.59. The molecule has 1 aliphatic carbocycles. The van der Waals surface area contributed by atoms with E-state index in [1.54, 1.807) is 0 Å². The van der Waals surface area contributed by atoms with Gasteiger partial charge in [-0.1, -0.05) is 30.3 Å². The zero-order valence-electron chi connectivity index (χ0n) is 13.4. The van der Waals surface area contributed by atoms with E-state index in [4.69, 9.17) is 5.73 Å². The highest BCUT2D eigenvalue weighted by Gasteiger charge is 2.32. The van der Waals surface area contributed by atoms with Crippen LogP contribution in [0.3, 0.4) is 0 Å². The van der Waals surface area contributed by atoms with Crippen LogP contribution in [0.4, 0.5) is 0 Å². The second kappa shape index (κ2) is 7.13. The van der Waals surface area contributed by atoms with Crippen molar-refractivity contribution in [2.24, 2.45) is 11.7 Å². The minimum absolute atomic E-state index is 0.105. The van der Waals surface area contributed by atoms with Gasteiger partial charge in [-0.3, -0.25) is 9.59 Å². The molecule has 124 valence electrons. The SMILES string of the molecule is NC(CC(=O)N1CCC(NC(=O)C2CC2)CC1)c1ccccc1. The molecule has 1 saturated carbocycles. The van der Waals surface area contributed by atoms with Gasteiger partial charge in [0, 0.05) is 37.5 Å². The molecule has 2 aliphatic rings. The molecule has 1 aliphatic heterocycles.